The summed E-state index contributed by atoms with van der Waals surface area (Å²) in [5.74, 6) is 0.0783. The minimum Gasteiger partial charge on any atom is -0.486 e. The first-order valence-corrected chi connectivity index (χ1v) is 15.3. The Morgan fingerprint density at radius 1 is 1.11 bits per heavy atom. The summed E-state index contributed by atoms with van der Waals surface area (Å²) in [5.41, 5.74) is 13.0. The van der Waals surface area contributed by atoms with Crippen LogP contribution in [0.2, 0.25) is 0 Å². The van der Waals surface area contributed by atoms with E-state index in [1.165, 1.54) is 17.3 Å². The summed E-state index contributed by atoms with van der Waals surface area (Å²) in [6.07, 6.45) is 5.01. The van der Waals surface area contributed by atoms with Gasteiger partial charge in [0, 0.05) is 55.5 Å². The van der Waals surface area contributed by atoms with Gasteiger partial charge in [-0.25, -0.2) is 9.48 Å². The van der Waals surface area contributed by atoms with Crippen molar-refractivity contribution in [2.45, 2.75) is 57.7 Å². The topological polar surface area (TPSA) is 106 Å². The third kappa shape index (κ3) is 5.82. The van der Waals surface area contributed by atoms with E-state index in [0.717, 1.165) is 54.2 Å². The average Bonchev–Trinajstić information content (AvgIpc) is 3.69. The Hall–Kier alpha value is -4.56. The summed E-state index contributed by atoms with van der Waals surface area (Å²) in [6, 6.07) is 25.5. The lowest BCUT2D eigenvalue weighted by Crippen LogP contribution is -2.41. The lowest BCUT2D eigenvalue weighted by molar-refractivity contribution is 0.0545. The van der Waals surface area contributed by atoms with Crippen molar-refractivity contribution >= 4 is 5.97 Å². The van der Waals surface area contributed by atoms with Crippen molar-refractivity contribution in [3.63, 3.8) is 0 Å². The second-order valence-corrected chi connectivity index (χ2v) is 12.5. The molecule has 2 aliphatic rings. The Morgan fingerprint density at radius 2 is 1.86 bits per heavy atom. The number of hydrogen-bond donors (Lipinski definition) is 3. The van der Waals surface area contributed by atoms with Gasteiger partial charge in [0.15, 0.2) is 0 Å². The maximum Gasteiger partial charge on any atom is 0.339 e. The predicted octanol–water partition coefficient (Wildman–Crippen LogP) is 6.48. The molecule has 1 fully saturated rings. The summed E-state index contributed by atoms with van der Waals surface area (Å²) in [7, 11) is 1.81. The van der Waals surface area contributed by atoms with E-state index in [-0.39, 0.29) is 29.0 Å². The fourth-order valence-electron chi connectivity index (χ4n) is 6.74. The van der Waals surface area contributed by atoms with Gasteiger partial charge in [-0.15, -0.1) is 0 Å². The van der Waals surface area contributed by atoms with E-state index in [2.05, 4.69) is 90.7 Å². The molecule has 8 nitrogen and oxygen atoms in total. The molecule has 0 radical (unpaired) electrons. The molecule has 4 N–H and O–H groups in total. The van der Waals surface area contributed by atoms with Crippen LogP contribution in [-0.2, 0) is 6.54 Å². The molecule has 0 spiro atoms. The number of hydrogen-bond acceptors (Lipinski definition) is 6. The van der Waals surface area contributed by atoms with E-state index in [9.17, 15) is 9.90 Å². The first-order chi connectivity index (χ1) is 21.2. The largest absolute Gasteiger partial charge is 0.486 e. The van der Waals surface area contributed by atoms with E-state index in [0.29, 0.717) is 5.69 Å². The van der Waals surface area contributed by atoms with Crippen molar-refractivity contribution < 1.29 is 14.6 Å². The van der Waals surface area contributed by atoms with Crippen molar-refractivity contribution in [3.05, 3.63) is 113 Å². The minimum absolute atomic E-state index is 0.00122. The van der Waals surface area contributed by atoms with Crippen LogP contribution in [-0.4, -0.2) is 44.9 Å². The van der Waals surface area contributed by atoms with Gasteiger partial charge in [-0.05, 0) is 67.6 Å². The van der Waals surface area contributed by atoms with E-state index < -0.39 is 5.97 Å². The molecule has 228 valence electrons. The van der Waals surface area contributed by atoms with Crippen LogP contribution in [0.3, 0.4) is 0 Å². The molecule has 44 heavy (non-hydrogen) atoms. The molecule has 4 aromatic rings. The van der Waals surface area contributed by atoms with Gasteiger partial charge in [0.1, 0.15) is 16.9 Å². The molecule has 3 atom stereocenters. The van der Waals surface area contributed by atoms with Crippen LogP contribution in [0.4, 0.5) is 0 Å². The summed E-state index contributed by atoms with van der Waals surface area (Å²) >= 11 is 0. The number of ether oxygens (including phenoxy) is 1. The van der Waals surface area contributed by atoms with Crippen LogP contribution >= 0.6 is 0 Å². The summed E-state index contributed by atoms with van der Waals surface area (Å²) in [4.78, 5) is 14.7. The monoisotopic (exact) mass is 591 g/mol. The first-order valence-electron chi connectivity index (χ1n) is 15.3. The standard InChI is InChI=1S/C36H41N5O3/c1-5-32-27-14-6-7-15-33(27)44-36(2,3)22-40(32)21-23-10-8-11-24(16-23)25-12-9-13-26(17-25)41-34(30(19-39-41)35(42)43)29-18-28(29)31(37)20-38-4/h6-17,19-20,28-29,32,38H,5,18,21-22,37H2,1-4H3,(H,42,43)/b31-20-/t28?,29-,32?/m1/s1. The van der Waals surface area contributed by atoms with Gasteiger partial charge >= 0.3 is 5.97 Å². The van der Waals surface area contributed by atoms with Gasteiger partial charge in [0.25, 0.3) is 0 Å². The molecule has 0 saturated heterocycles. The highest BCUT2D eigenvalue weighted by molar-refractivity contribution is 5.89. The van der Waals surface area contributed by atoms with Crippen LogP contribution in [0, 0.1) is 5.92 Å². The zero-order chi connectivity index (χ0) is 31.0. The molecule has 1 saturated carbocycles. The van der Waals surface area contributed by atoms with Gasteiger partial charge in [0.05, 0.1) is 17.6 Å². The van der Waals surface area contributed by atoms with Crippen LogP contribution in [0.1, 0.15) is 72.8 Å². The number of allylic oxidation sites excluding steroid dienone is 1. The van der Waals surface area contributed by atoms with Gasteiger partial charge in [0.2, 0.25) is 0 Å². The van der Waals surface area contributed by atoms with Gasteiger partial charge in [-0.3, -0.25) is 4.90 Å². The highest BCUT2D eigenvalue weighted by Gasteiger charge is 2.45. The Morgan fingerprint density at radius 3 is 2.61 bits per heavy atom. The first kappa shape index (κ1) is 29.5. The molecule has 1 aliphatic carbocycles. The number of rotatable bonds is 9. The van der Waals surface area contributed by atoms with Crippen LogP contribution in [0.5, 0.6) is 5.75 Å². The molecule has 6 rings (SSSR count). The number of nitrogens with zero attached hydrogens (tertiary/aromatic N) is 3. The number of aromatic nitrogens is 2. The third-order valence-electron chi connectivity index (χ3n) is 8.73. The number of fused-ring (bicyclic) bond motifs is 1. The highest BCUT2D eigenvalue weighted by atomic mass is 16.5. The molecule has 2 heterocycles. The predicted molar refractivity (Wildman–Crippen MR) is 173 cm³/mol. The number of benzene rings is 3. The van der Waals surface area contributed by atoms with Crippen molar-refractivity contribution in [2.24, 2.45) is 11.7 Å². The second kappa shape index (κ2) is 11.8. The number of aromatic carboxylic acids is 1. The van der Waals surface area contributed by atoms with Gasteiger partial charge < -0.3 is 20.9 Å². The molecule has 0 amide bonds. The Bertz CT molecular complexity index is 1710. The maximum absolute atomic E-state index is 12.1. The number of carbonyl (C=O) groups is 1. The summed E-state index contributed by atoms with van der Waals surface area (Å²) < 4.78 is 8.25. The van der Waals surface area contributed by atoms with E-state index in [4.69, 9.17) is 10.5 Å². The Kier molecular flexibility index (Phi) is 7.95. The van der Waals surface area contributed by atoms with Gasteiger partial charge in [-0.1, -0.05) is 55.5 Å². The molecule has 2 unspecified atom stereocenters. The molecule has 0 bridgehead atoms. The SMILES string of the molecule is CCC1c2ccccc2OC(C)(C)CN1Cc1cccc(-c2cccc(-n3ncc(C(=O)O)c3[C@@H]3CC3/C(N)=C/NC)c2)c1. The lowest BCUT2D eigenvalue weighted by atomic mass is 9.99. The summed E-state index contributed by atoms with van der Waals surface area (Å²) in [5, 5.41) is 17.5. The quantitative estimate of drug-likeness (QED) is 0.204. The molecule has 1 aromatic heterocycles. The molecular formula is C36H41N5O3. The lowest BCUT2D eigenvalue weighted by Gasteiger charge is -2.33. The van der Waals surface area contributed by atoms with Crippen molar-refractivity contribution in [3.8, 4) is 22.6 Å². The van der Waals surface area contributed by atoms with E-state index >= 15 is 0 Å². The maximum atomic E-state index is 12.1. The molecule has 3 aromatic carbocycles. The van der Waals surface area contributed by atoms with E-state index in [1.807, 2.05) is 25.2 Å². The van der Waals surface area contributed by atoms with Crippen molar-refractivity contribution in [1.82, 2.24) is 20.0 Å². The normalized spacial score (nSPS) is 21.2. The average molecular weight is 592 g/mol. The smallest absolute Gasteiger partial charge is 0.339 e. The van der Waals surface area contributed by atoms with Crippen molar-refractivity contribution in [2.75, 3.05) is 13.6 Å². The van der Waals surface area contributed by atoms with Crippen LogP contribution in [0.25, 0.3) is 16.8 Å². The zero-order valence-corrected chi connectivity index (χ0v) is 25.8. The second-order valence-electron chi connectivity index (χ2n) is 12.5. The number of nitrogens with one attached hydrogen (secondary N) is 1. The fourth-order valence-corrected chi connectivity index (χ4v) is 6.74. The van der Waals surface area contributed by atoms with Crippen LogP contribution < -0.4 is 15.8 Å². The van der Waals surface area contributed by atoms with Crippen molar-refractivity contribution in [1.29, 1.82) is 0 Å². The highest BCUT2D eigenvalue weighted by Crippen LogP contribution is 2.51. The summed E-state index contributed by atoms with van der Waals surface area (Å²) in [6.45, 7) is 8.16. The Labute approximate surface area is 259 Å². The molecular weight excluding hydrogens is 550 g/mol. The van der Waals surface area contributed by atoms with Crippen LogP contribution in [0.15, 0.2) is 90.9 Å². The molecule has 1 aliphatic heterocycles. The fraction of sp³-hybridized carbons (Fsp3) is 0.333. The number of carboxylic acid groups (broad SMARTS) is 1. The minimum atomic E-state index is -0.980. The zero-order valence-electron chi connectivity index (χ0n) is 25.8. The molecule has 8 heteroatoms. The number of nitrogens with two attached hydrogens (primary N) is 1. The number of carboxylic acids is 1. The third-order valence-corrected chi connectivity index (χ3v) is 8.73. The number of para-hydroxylation sites is 1. The van der Waals surface area contributed by atoms with E-state index in [1.54, 1.807) is 10.9 Å². The Balaban J connectivity index is 1.30. The van der Waals surface area contributed by atoms with Gasteiger partial charge in [-0.2, -0.15) is 5.10 Å².